The number of benzene rings is 1. The smallest absolute Gasteiger partial charge is 0.251 e. The maximum atomic E-state index is 12.4. The molecule has 0 radical (unpaired) electrons. The molecule has 4 rings (SSSR count). The van der Waals surface area contributed by atoms with Gasteiger partial charge in [0.2, 0.25) is 5.91 Å². The molecule has 2 aromatic rings. The molecule has 2 amide bonds. The summed E-state index contributed by atoms with van der Waals surface area (Å²) in [6.07, 6.45) is 7.06. The molecule has 2 aliphatic carbocycles. The Hall–Kier alpha value is -2.21. The minimum Gasteiger partial charge on any atom is -0.352 e. The van der Waals surface area contributed by atoms with Crippen molar-refractivity contribution in [3.8, 4) is 0 Å². The van der Waals surface area contributed by atoms with Crippen LogP contribution in [0.25, 0.3) is 10.2 Å². The summed E-state index contributed by atoms with van der Waals surface area (Å²) < 4.78 is 0.897. The summed E-state index contributed by atoms with van der Waals surface area (Å²) >= 11 is 1.38. The molecule has 5 nitrogen and oxygen atoms in total. The van der Waals surface area contributed by atoms with Gasteiger partial charge in [-0.1, -0.05) is 23.5 Å². The van der Waals surface area contributed by atoms with Crippen molar-refractivity contribution in [1.29, 1.82) is 0 Å². The molecule has 2 N–H and O–H groups in total. The molecule has 2 bridgehead atoms. The maximum Gasteiger partial charge on any atom is 0.251 e. The van der Waals surface area contributed by atoms with Crippen LogP contribution in [0.2, 0.25) is 0 Å². The minimum absolute atomic E-state index is 0.0434. The fourth-order valence-corrected chi connectivity index (χ4v) is 4.68. The summed E-state index contributed by atoms with van der Waals surface area (Å²) in [5, 5.41) is 6.31. The van der Waals surface area contributed by atoms with E-state index in [4.69, 9.17) is 0 Å². The van der Waals surface area contributed by atoms with E-state index in [0.717, 1.165) is 22.7 Å². The van der Waals surface area contributed by atoms with E-state index in [9.17, 15) is 9.59 Å². The van der Waals surface area contributed by atoms with E-state index in [1.807, 2.05) is 12.1 Å². The van der Waals surface area contributed by atoms with Crippen LogP contribution in [0.5, 0.6) is 0 Å². The predicted octanol–water partition coefficient (Wildman–Crippen LogP) is 3.20. The fourth-order valence-electron chi connectivity index (χ4n) is 3.73. The lowest BCUT2D eigenvalue weighted by molar-refractivity contribution is -0.114. The van der Waals surface area contributed by atoms with Gasteiger partial charge >= 0.3 is 0 Å². The maximum absolute atomic E-state index is 12.4. The Bertz CT molecular complexity index is 842. The first-order valence-electron chi connectivity index (χ1n) is 8.23. The van der Waals surface area contributed by atoms with Crippen LogP contribution < -0.4 is 10.6 Å². The number of amides is 2. The molecule has 1 aromatic carbocycles. The molecule has 1 saturated carbocycles. The monoisotopic (exact) mass is 341 g/mol. The minimum atomic E-state index is -0.146. The molecule has 24 heavy (non-hydrogen) atoms. The molecule has 0 spiro atoms. The molecule has 2 aliphatic rings. The van der Waals surface area contributed by atoms with Crippen LogP contribution in [0.3, 0.4) is 0 Å². The molecule has 0 saturated heterocycles. The normalized spacial score (nSPS) is 24.5. The highest BCUT2D eigenvalue weighted by Crippen LogP contribution is 2.42. The average Bonchev–Trinajstić information content (AvgIpc) is 3.25. The third kappa shape index (κ3) is 2.94. The van der Waals surface area contributed by atoms with Gasteiger partial charge in [-0.3, -0.25) is 9.59 Å². The first kappa shape index (κ1) is 15.3. The lowest BCUT2D eigenvalue weighted by Gasteiger charge is -2.18. The second-order valence-corrected chi connectivity index (χ2v) is 7.66. The number of hydrogen-bond donors (Lipinski definition) is 2. The van der Waals surface area contributed by atoms with Crippen molar-refractivity contribution in [1.82, 2.24) is 10.3 Å². The van der Waals surface area contributed by atoms with Gasteiger partial charge in [0.15, 0.2) is 5.13 Å². The molecule has 0 aliphatic heterocycles. The zero-order chi connectivity index (χ0) is 16.7. The molecule has 3 atom stereocenters. The Kier molecular flexibility index (Phi) is 3.84. The van der Waals surface area contributed by atoms with Gasteiger partial charge in [-0.05, 0) is 48.8 Å². The van der Waals surface area contributed by atoms with Crippen molar-refractivity contribution < 1.29 is 9.59 Å². The molecule has 6 heteroatoms. The van der Waals surface area contributed by atoms with E-state index in [1.165, 1.54) is 31.1 Å². The Morgan fingerprint density at radius 2 is 2.17 bits per heavy atom. The topological polar surface area (TPSA) is 71.1 Å². The molecule has 0 unspecified atom stereocenters. The van der Waals surface area contributed by atoms with Crippen molar-refractivity contribution in [3.05, 3.63) is 35.9 Å². The lowest BCUT2D eigenvalue weighted by atomic mass is 9.93. The van der Waals surface area contributed by atoms with Crippen molar-refractivity contribution in [2.24, 2.45) is 17.8 Å². The van der Waals surface area contributed by atoms with Crippen molar-refractivity contribution >= 4 is 38.5 Å². The Balaban J connectivity index is 1.44. The molecule has 1 heterocycles. The molecular formula is C18H19N3O2S. The van der Waals surface area contributed by atoms with E-state index < -0.39 is 0 Å². The highest BCUT2D eigenvalue weighted by Gasteiger charge is 2.35. The van der Waals surface area contributed by atoms with E-state index in [1.54, 1.807) is 6.07 Å². The molecule has 1 fully saturated rings. The number of thiazole rings is 1. The summed E-state index contributed by atoms with van der Waals surface area (Å²) in [6, 6.07) is 5.45. The number of nitrogens with one attached hydrogen (secondary N) is 2. The van der Waals surface area contributed by atoms with Gasteiger partial charge in [-0.25, -0.2) is 4.98 Å². The van der Waals surface area contributed by atoms with Gasteiger partial charge in [0.25, 0.3) is 5.91 Å². The number of allylic oxidation sites excluding steroid dienone is 2. The lowest BCUT2D eigenvalue weighted by Crippen LogP contribution is -2.30. The summed E-state index contributed by atoms with van der Waals surface area (Å²) in [6.45, 7) is 2.19. The Labute approximate surface area is 144 Å². The van der Waals surface area contributed by atoms with Gasteiger partial charge in [0.05, 0.1) is 10.2 Å². The summed E-state index contributed by atoms with van der Waals surface area (Å²) in [7, 11) is 0. The second-order valence-electron chi connectivity index (χ2n) is 6.63. The van der Waals surface area contributed by atoms with Crippen LogP contribution in [0, 0.1) is 17.8 Å². The van der Waals surface area contributed by atoms with Gasteiger partial charge in [-0.2, -0.15) is 0 Å². The summed E-state index contributed by atoms with van der Waals surface area (Å²) in [5.74, 6) is 1.74. The average molecular weight is 341 g/mol. The van der Waals surface area contributed by atoms with E-state index >= 15 is 0 Å². The SMILES string of the molecule is CC(=O)Nc1nc2ccc(C(=O)NC[C@@H]3C[C@H]4C=C[C@H]3C4)cc2s1. The van der Waals surface area contributed by atoms with Crippen LogP contribution in [0.15, 0.2) is 30.4 Å². The van der Waals surface area contributed by atoms with E-state index in [-0.39, 0.29) is 11.8 Å². The summed E-state index contributed by atoms with van der Waals surface area (Å²) in [5.41, 5.74) is 1.43. The number of anilines is 1. The van der Waals surface area contributed by atoms with Crippen molar-refractivity contribution in [2.75, 3.05) is 11.9 Å². The van der Waals surface area contributed by atoms with Crippen LogP contribution in [-0.4, -0.2) is 23.3 Å². The quantitative estimate of drug-likeness (QED) is 0.839. The number of nitrogens with zero attached hydrogens (tertiary/aromatic N) is 1. The van der Waals surface area contributed by atoms with Gasteiger partial charge in [0.1, 0.15) is 0 Å². The first-order valence-corrected chi connectivity index (χ1v) is 9.05. The third-order valence-corrected chi connectivity index (χ3v) is 5.81. The highest BCUT2D eigenvalue weighted by molar-refractivity contribution is 7.22. The molecule has 1 aromatic heterocycles. The predicted molar refractivity (Wildman–Crippen MR) is 95.1 cm³/mol. The van der Waals surface area contributed by atoms with Gasteiger partial charge < -0.3 is 10.6 Å². The van der Waals surface area contributed by atoms with Crippen LogP contribution >= 0.6 is 11.3 Å². The number of aromatic nitrogens is 1. The zero-order valence-corrected chi connectivity index (χ0v) is 14.2. The number of rotatable bonds is 4. The van der Waals surface area contributed by atoms with E-state index in [2.05, 4.69) is 27.8 Å². The van der Waals surface area contributed by atoms with Crippen molar-refractivity contribution in [3.63, 3.8) is 0 Å². The van der Waals surface area contributed by atoms with Crippen molar-refractivity contribution in [2.45, 2.75) is 19.8 Å². The highest BCUT2D eigenvalue weighted by atomic mass is 32.1. The Morgan fingerprint density at radius 1 is 1.29 bits per heavy atom. The molecular weight excluding hydrogens is 322 g/mol. The third-order valence-electron chi connectivity index (χ3n) is 4.87. The molecule has 124 valence electrons. The largest absolute Gasteiger partial charge is 0.352 e. The second kappa shape index (κ2) is 6.02. The van der Waals surface area contributed by atoms with Crippen LogP contribution in [-0.2, 0) is 4.79 Å². The number of hydrogen-bond acceptors (Lipinski definition) is 4. The van der Waals surface area contributed by atoms with E-state index in [0.29, 0.717) is 22.5 Å². The van der Waals surface area contributed by atoms with Crippen LogP contribution in [0.4, 0.5) is 5.13 Å². The zero-order valence-electron chi connectivity index (χ0n) is 13.4. The standard InChI is InChI=1S/C18H19N3O2S/c1-10(22)20-18-21-15-5-4-13(8-16(15)24-18)17(23)19-9-14-7-11-2-3-12(14)6-11/h2-5,8,11-12,14H,6-7,9H2,1H3,(H,19,23)(H,20,21,22)/t11-,12-,14-/m0/s1. The number of fused-ring (bicyclic) bond motifs is 3. The summed E-state index contributed by atoms with van der Waals surface area (Å²) in [4.78, 5) is 27.9. The Morgan fingerprint density at radius 3 is 2.88 bits per heavy atom. The first-order chi connectivity index (χ1) is 11.6. The number of carbonyl (C=O) groups excluding carboxylic acids is 2. The van der Waals surface area contributed by atoms with Gasteiger partial charge in [0, 0.05) is 19.0 Å². The van der Waals surface area contributed by atoms with Crippen LogP contribution in [0.1, 0.15) is 30.1 Å². The van der Waals surface area contributed by atoms with Gasteiger partial charge in [-0.15, -0.1) is 0 Å². The fraction of sp³-hybridized carbons (Fsp3) is 0.389. The number of carbonyl (C=O) groups is 2.